The molecule has 0 saturated heterocycles. The first-order chi connectivity index (χ1) is 24.4. The highest BCUT2D eigenvalue weighted by Gasteiger charge is 2.33. The van der Waals surface area contributed by atoms with Gasteiger partial charge in [-0.1, -0.05) is 144 Å². The molecule has 6 aromatic carbocycles. The van der Waals surface area contributed by atoms with Crippen LogP contribution in [0.25, 0.3) is 67.1 Å². The second kappa shape index (κ2) is 15.1. The summed E-state index contributed by atoms with van der Waals surface area (Å²) in [6.45, 7) is 15.3. The molecule has 1 aliphatic carbocycles. The zero-order chi connectivity index (χ0) is 35.4. The van der Waals surface area contributed by atoms with Crippen LogP contribution in [-0.4, -0.2) is 7.85 Å². The minimum atomic E-state index is 0.128. The molecule has 1 aliphatic rings. The largest absolute Gasteiger partial charge is 0.0999 e. The normalized spacial score (nSPS) is 12.8. The van der Waals surface area contributed by atoms with Crippen molar-refractivity contribution < 1.29 is 0 Å². The third-order valence-corrected chi connectivity index (χ3v) is 11.4. The highest BCUT2D eigenvalue weighted by atomic mass is 14.4. The van der Waals surface area contributed by atoms with Crippen LogP contribution in [0.15, 0.2) is 115 Å². The molecule has 0 N–H and O–H groups in total. The van der Waals surface area contributed by atoms with E-state index in [2.05, 4.69) is 177 Å². The molecule has 7 rings (SSSR count). The first kappa shape index (κ1) is 35.2. The van der Waals surface area contributed by atoms with Gasteiger partial charge in [0.1, 0.15) is 0 Å². The third-order valence-electron chi connectivity index (χ3n) is 11.4. The van der Waals surface area contributed by atoms with Crippen LogP contribution in [0.3, 0.4) is 0 Å². The van der Waals surface area contributed by atoms with Crippen LogP contribution in [0.1, 0.15) is 81.7 Å². The van der Waals surface area contributed by atoms with Crippen molar-refractivity contribution >= 4 is 41.5 Å². The number of allylic oxidation sites excluding steroid dienone is 2. The zero-order valence-corrected chi connectivity index (χ0v) is 31.1. The van der Waals surface area contributed by atoms with Crippen molar-refractivity contribution in [3.05, 3.63) is 143 Å². The number of rotatable bonds is 8. The molecule has 0 atom stereocenters. The molecular weight excluding hydrogens is 599 g/mol. The first-order valence-corrected chi connectivity index (χ1v) is 18.6. The smallest absolute Gasteiger partial charge is 0.0606 e. The monoisotopic (exact) mass is 650 g/mol. The van der Waals surface area contributed by atoms with E-state index >= 15 is 0 Å². The highest BCUT2D eigenvalue weighted by Crippen LogP contribution is 2.48. The molecule has 0 heterocycles. The van der Waals surface area contributed by atoms with Gasteiger partial charge in [-0.15, -0.1) is 0 Å². The molecule has 0 fully saturated rings. The fraction of sp³-hybridized carbons (Fsp3) is 0.265. The van der Waals surface area contributed by atoms with Crippen molar-refractivity contribution in [2.24, 2.45) is 5.92 Å². The molecule has 0 unspecified atom stereocenters. The topological polar surface area (TPSA) is 0 Å². The Morgan fingerprint density at radius 1 is 0.700 bits per heavy atom. The summed E-state index contributed by atoms with van der Waals surface area (Å²) in [5.41, 5.74) is 14.8. The maximum Gasteiger partial charge on any atom is 0.0606 e. The van der Waals surface area contributed by atoms with E-state index in [4.69, 9.17) is 0 Å². The summed E-state index contributed by atoms with van der Waals surface area (Å²) in [4.78, 5) is 0. The molecule has 0 amide bonds. The van der Waals surface area contributed by atoms with Crippen LogP contribution in [0, 0.1) is 12.8 Å². The molecule has 2 radical (unpaired) electrons. The molecule has 0 aliphatic heterocycles. The predicted molar refractivity (Wildman–Crippen MR) is 223 cm³/mol. The van der Waals surface area contributed by atoms with Gasteiger partial charge in [0.2, 0.25) is 0 Å². The standard InChI is InChI=1S/C48H48.CH3B/c1-7-16-35-29-37(26-25-33(35)6)36-19-14-20-38(30-36)46-42-22-12-13-23-43(42)47(41-24-15-18-34-17-10-11-21-40(34)41)45-31-39(27-28-44(45)46)48(8-2,9-3)32(4)5;1-2/h7,11-16,18-32H,8-10,17H2,1-6H3;1H3/b16-7-;. The van der Waals surface area contributed by atoms with E-state index in [1.165, 1.54) is 89.6 Å². The van der Waals surface area contributed by atoms with Gasteiger partial charge in [0, 0.05) is 0 Å². The van der Waals surface area contributed by atoms with Crippen LogP contribution in [0.4, 0.5) is 0 Å². The molecule has 0 nitrogen and oxygen atoms in total. The van der Waals surface area contributed by atoms with Crippen LogP contribution < -0.4 is 0 Å². The summed E-state index contributed by atoms with van der Waals surface area (Å²) < 4.78 is 0. The SMILES string of the molecule is C/C=C\c1cc(-c2cccc(-c3c4ccccc4c(-c4cccc5c4C=CCC5)c4cc(C(CC)(CC)C(C)C)ccc34)c2)ccc1C.[B]C. The second-order valence-electron chi connectivity index (χ2n) is 14.0. The Labute approximate surface area is 302 Å². The number of aryl methyl sites for hydroxylation is 2. The van der Waals surface area contributed by atoms with Crippen molar-refractivity contribution in [1.82, 2.24) is 0 Å². The lowest BCUT2D eigenvalue weighted by Gasteiger charge is -2.37. The van der Waals surface area contributed by atoms with Gasteiger partial charge in [-0.3, -0.25) is 0 Å². The summed E-state index contributed by atoms with van der Waals surface area (Å²) in [7, 11) is 4.50. The average Bonchev–Trinajstić information content (AvgIpc) is 3.16. The lowest BCUT2D eigenvalue weighted by molar-refractivity contribution is 0.284. The minimum absolute atomic E-state index is 0.128. The van der Waals surface area contributed by atoms with Crippen LogP contribution in [0.5, 0.6) is 0 Å². The van der Waals surface area contributed by atoms with Crippen molar-refractivity contribution in [3.8, 4) is 33.4 Å². The molecular formula is C49H51B. The van der Waals surface area contributed by atoms with Gasteiger partial charge in [-0.25, -0.2) is 0 Å². The number of fused-ring (bicyclic) bond motifs is 3. The van der Waals surface area contributed by atoms with Crippen LogP contribution in [-0.2, 0) is 11.8 Å². The van der Waals surface area contributed by atoms with Gasteiger partial charge in [-0.2, -0.15) is 0 Å². The van der Waals surface area contributed by atoms with Gasteiger partial charge in [0.25, 0.3) is 0 Å². The molecule has 0 aromatic heterocycles. The van der Waals surface area contributed by atoms with Crippen molar-refractivity contribution in [2.75, 3.05) is 0 Å². The third kappa shape index (κ3) is 6.17. The lowest BCUT2D eigenvalue weighted by atomic mass is 9.67. The molecule has 0 bridgehead atoms. The van der Waals surface area contributed by atoms with Gasteiger partial charge in [0.15, 0.2) is 0 Å². The second-order valence-corrected chi connectivity index (χ2v) is 14.0. The van der Waals surface area contributed by atoms with Crippen LogP contribution >= 0.6 is 0 Å². The number of benzene rings is 6. The Balaban J connectivity index is 0.00000212. The Kier molecular flexibility index (Phi) is 10.6. The van der Waals surface area contributed by atoms with Gasteiger partial charge in [0.05, 0.1) is 7.85 Å². The van der Waals surface area contributed by atoms with E-state index in [0.717, 1.165) is 25.7 Å². The van der Waals surface area contributed by atoms with Gasteiger partial charge >= 0.3 is 0 Å². The number of hydrogen-bond donors (Lipinski definition) is 0. The van der Waals surface area contributed by atoms with Crippen molar-refractivity contribution in [3.63, 3.8) is 0 Å². The maximum absolute atomic E-state index is 4.50. The molecule has 250 valence electrons. The van der Waals surface area contributed by atoms with E-state index in [-0.39, 0.29) is 5.41 Å². The lowest BCUT2D eigenvalue weighted by Crippen LogP contribution is -2.30. The Morgan fingerprint density at radius 2 is 1.38 bits per heavy atom. The summed E-state index contributed by atoms with van der Waals surface area (Å²) in [6.07, 6.45) is 13.5. The minimum Gasteiger partial charge on any atom is -0.0999 e. The van der Waals surface area contributed by atoms with Crippen molar-refractivity contribution in [2.45, 2.75) is 79.5 Å². The summed E-state index contributed by atoms with van der Waals surface area (Å²) >= 11 is 0. The van der Waals surface area contributed by atoms with Crippen LogP contribution in [0.2, 0.25) is 6.82 Å². The van der Waals surface area contributed by atoms with Gasteiger partial charge < -0.3 is 0 Å². The van der Waals surface area contributed by atoms with Gasteiger partial charge in [-0.05, 0) is 152 Å². The molecule has 0 spiro atoms. The summed E-state index contributed by atoms with van der Waals surface area (Å²) in [6, 6.07) is 39.6. The van der Waals surface area contributed by atoms with E-state index in [1.807, 2.05) is 0 Å². The fourth-order valence-electron chi connectivity index (χ4n) is 8.62. The summed E-state index contributed by atoms with van der Waals surface area (Å²) in [5, 5.41) is 5.31. The molecule has 50 heavy (non-hydrogen) atoms. The Bertz CT molecular complexity index is 2210. The zero-order valence-electron chi connectivity index (χ0n) is 31.1. The average molecular weight is 651 g/mol. The number of hydrogen-bond acceptors (Lipinski definition) is 0. The maximum atomic E-state index is 4.50. The Morgan fingerprint density at radius 3 is 2.10 bits per heavy atom. The molecule has 1 heteroatoms. The van der Waals surface area contributed by atoms with E-state index < -0.39 is 0 Å². The first-order valence-electron chi connectivity index (χ1n) is 18.6. The van der Waals surface area contributed by atoms with E-state index in [9.17, 15) is 0 Å². The quantitative estimate of drug-likeness (QED) is 0.114. The van der Waals surface area contributed by atoms with Crippen molar-refractivity contribution in [1.29, 1.82) is 0 Å². The summed E-state index contributed by atoms with van der Waals surface area (Å²) in [5.74, 6) is 0.541. The molecule has 6 aromatic rings. The van der Waals surface area contributed by atoms with E-state index in [1.54, 1.807) is 0 Å². The fourth-order valence-corrected chi connectivity index (χ4v) is 8.62. The molecule has 0 saturated carbocycles. The van der Waals surface area contributed by atoms with E-state index in [0.29, 0.717) is 5.92 Å². The highest BCUT2D eigenvalue weighted by molar-refractivity contribution is 6.22. The Hall–Kier alpha value is -4.62. The predicted octanol–water partition coefficient (Wildman–Crippen LogP) is 14.2.